The molecule has 1 aromatic rings. The summed E-state index contributed by atoms with van der Waals surface area (Å²) in [6.45, 7) is 4.78. The van der Waals surface area contributed by atoms with Crippen molar-refractivity contribution in [2.75, 3.05) is 13.7 Å². The Kier molecular flexibility index (Phi) is 3.70. The molecular weight excluding hydrogens is 226 g/mol. The van der Waals surface area contributed by atoms with Gasteiger partial charge in [-0.15, -0.1) is 0 Å². The summed E-state index contributed by atoms with van der Waals surface area (Å²) in [4.78, 5) is 13.8. The van der Waals surface area contributed by atoms with E-state index in [2.05, 4.69) is 6.08 Å². The van der Waals surface area contributed by atoms with Crippen LogP contribution in [0.5, 0.6) is 5.75 Å². The second kappa shape index (κ2) is 5.25. The van der Waals surface area contributed by atoms with Gasteiger partial charge < -0.3 is 9.64 Å². The first kappa shape index (κ1) is 12.7. The summed E-state index contributed by atoms with van der Waals surface area (Å²) < 4.78 is 5.21. The van der Waals surface area contributed by atoms with E-state index in [-0.39, 0.29) is 5.91 Å². The molecule has 0 aliphatic carbocycles. The molecule has 1 aliphatic rings. The van der Waals surface area contributed by atoms with Gasteiger partial charge in [-0.25, -0.2) is 0 Å². The number of benzene rings is 1. The van der Waals surface area contributed by atoms with Gasteiger partial charge in [-0.3, -0.25) is 4.79 Å². The third kappa shape index (κ3) is 2.26. The van der Waals surface area contributed by atoms with Crippen LogP contribution in [0, 0.1) is 6.92 Å². The Balaban J connectivity index is 2.41. The van der Waals surface area contributed by atoms with Gasteiger partial charge in [0.15, 0.2) is 0 Å². The zero-order valence-electron chi connectivity index (χ0n) is 11.2. The van der Waals surface area contributed by atoms with E-state index in [1.54, 1.807) is 7.11 Å². The highest BCUT2D eigenvalue weighted by molar-refractivity contribution is 5.89. The van der Waals surface area contributed by atoms with Crippen LogP contribution in [0.25, 0.3) is 5.70 Å². The van der Waals surface area contributed by atoms with Crippen molar-refractivity contribution in [3.63, 3.8) is 0 Å². The quantitative estimate of drug-likeness (QED) is 0.819. The number of methoxy groups -OCH3 is 1. The van der Waals surface area contributed by atoms with Gasteiger partial charge in [0.25, 0.3) is 0 Å². The molecule has 0 bridgehead atoms. The molecule has 0 saturated heterocycles. The molecule has 1 aromatic carbocycles. The summed E-state index contributed by atoms with van der Waals surface area (Å²) >= 11 is 0. The van der Waals surface area contributed by atoms with Crippen molar-refractivity contribution < 1.29 is 9.53 Å². The molecule has 2 rings (SSSR count). The molecule has 0 radical (unpaired) electrons. The SMILES string of the molecule is CCN1C(=O)CCC=C1c1ccc(OC)cc1C. The van der Waals surface area contributed by atoms with Crippen molar-refractivity contribution in [3.8, 4) is 5.75 Å². The van der Waals surface area contributed by atoms with Gasteiger partial charge in [0, 0.05) is 24.2 Å². The number of rotatable bonds is 3. The lowest BCUT2D eigenvalue weighted by Crippen LogP contribution is -2.31. The Morgan fingerprint density at radius 1 is 1.39 bits per heavy atom. The average molecular weight is 245 g/mol. The maximum absolute atomic E-state index is 11.9. The van der Waals surface area contributed by atoms with E-state index in [9.17, 15) is 4.79 Å². The standard InChI is InChI=1S/C15H19NO2/c1-4-16-14(6-5-7-15(16)17)13-9-8-12(18-3)10-11(13)2/h6,8-10H,4-5,7H2,1-3H3. The van der Waals surface area contributed by atoms with Crippen molar-refractivity contribution in [2.45, 2.75) is 26.7 Å². The molecule has 0 spiro atoms. The summed E-state index contributed by atoms with van der Waals surface area (Å²) in [7, 11) is 1.66. The van der Waals surface area contributed by atoms with Crippen molar-refractivity contribution in [1.29, 1.82) is 0 Å². The molecule has 0 fully saturated rings. The topological polar surface area (TPSA) is 29.5 Å². The lowest BCUT2D eigenvalue weighted by molar-refractivity contribution is -0.128. The van der Waals surface area contributed by atoms with E-state index in [1.165, 1.54) is 0 Å². The summed E-state index contributed by atoms with van der Waals surface area (Å²) in [5, 5.41) is 0. The van der Waals surface area contributed by atoms with Crippen molar-refractivity contribution in [1.82, 2.24) is 4.90 Å². The van der Waals surface area contributed by atoms with Crippen molar-refractivity contribution in [2.24, 2.45) is 0 Å². The van der Waals surface area contributed by atoms with Gasteiger partial charge >= 0.3 is 0 Å². The molecular formula is C15H19NO2. The van der Waals surface area contributed by atoms with Crippen molar-refractivity contribution >= 4 is 11.6 Å². The first-order valence-corrected chi connectivity index (χ1v) is 6.33. The molecule has 0 unspecified atom stereocenters. The number of nitrogens with zero attached hydrogens (tertiary/aromatic N) is 1. The maximum atomic E-state index is 11.9. The average Bonchev–Trinajstić information content (AvgIpc) is 2.38. The Bertz CT molecular complexity index is 491. The Morgan fingerprint density at radius 2 is 2.17 bits per heavy atom. The van der Waals surface area contributed by atoms with E-state index in [4.69, 9.17) is 4.74 Å². The number of hydrogen-bond acceptors (Lipinski definition) is 2. The fraction of sp³-hybridized carbons (Fsp3) is 0.400. The molecule has 0 saturated carbocycles. The monoisotopic (exact) mass is 245 g/mol. The number of amides is 1. The van der Waals surface area contributed by atoms with Gasteiger partial charge in [0.1, 0.15) is 5.75 Å². The zero-order valence-corrected chi connectivity index (χ0v) is 11.2. The van der Waals surface area contributed by atoms with Gasteiger partial charge in [0.05, 0.1) is 7.11 Å². The fourth-order valence-corrected chi connectivity index (χ4v) is 2.36. The summed E-state index contributed by atoms with van der Waals surface area (Å²) in [5.74, 6) is 1.06. The Hall–Kier alpha value is -1.77. The lowest BCUT2D eigenvalue weighted by atomic mass is 10.00. The molecule has 96 valence electrons. The molecule has 1 amide bonds. The minimum atomic E-state index is 0.213. The predicted octanol–water partition coefficient (Wildman–Crippen LogP) is 2.99. The van der Waals surface area contributed by atoms with Crippen LogP contribution in [0.2, 0.25) is 0 Å². The molecule has 0 N–H and O–H groups in total. The summed E-state index contributed by atoms with van der Waals surface area (Å²) in [6.07, 6.45) is 3.60. The summed E-state index contributed by atoms with van der Waals surface area (Å²) in [5.41, 5.74) is 3.29. The van der Waals surface area contributed by atoms with E-state index >= 15 is 0 Å². The fourth-order valence-electron chi connectivity index (χ4n) is 2.36. The number of aryl methyl sites for hydroxylation is 1. The largest absolute Gasteiger partial charge is 0.497 e. The van der Waals surface area contributed by atoms with Crippen LogP contribution in [-0.4, -0.2) is 24.5 Å². The second-order valence-electron chi connectivity index (χ2n) is 4.45. The molecule has 1 aliphatic heterocycles. The van der Waals surface area contributed by atoms with E-state index < -0.39 is 0 Å². The van der Waals surface area contributed by atoms with Gasteiger partial charge in [-0.05, 0) is 44.0 Å². The normalized spacial score (nSPS) is 15.6. The lowest BCUT2D eigenvalue weighted by Gasteiger charge is -2.28. The first-order valence-electron chi connectivity index (χ1n) is 6.33. The van der Waals surface area contributed by atoms with Gasteiger partial charge in [0.2, 0.25) is 5.91 Å². The number of ether oxygens (including phenoxy) is 1. The molecule has 3 nitrogen and oxygen atoms in total. The van der Waals surface area contributed by atoms with Crippen LogP contribution < -0.4 is 4.74 Å². The Labute approximate surface area is 108 Å². The summed E-state index contributed by atoms with van der Waals surface area (Å²) in [6, 6.07) is 5.97. The first-order chi connectivity index (χ1) is 8.67. The highest BCUT2D eigenvalue weighted by Crippen LogP contribution is 2.29. The number of hydrogen-bond donors (Lipinski definition) is 0. The maximum Gasteiger partial charge on any atom is 0.227 e. The molecule has 18 heavy (non-hydrogen) atoms. The highest BCUT2D eigenvalue weighted by atomic mass is 16.5. The number of carbonyl (C=O) groups excluding carboxylic acids is 1. The highest BCUT2D eigenvalue weighted by Gasteiger charge is 2.22. The molecule has 0 aromatic heterocycles. The molecule has 3 heteroatoms. The minimum Gasteiger partial charge on any atom is -0.497 e. The van der Waals surface area contributed by atoms with Gasteiger partial charge in [-0.2, -0.15) is 0 Å². The molecule has 1 heterocycles. The number of carbonyl (C=O) groups is 1. The number of allylic oxidation sites excluding steroid dienone is 1. The zero-order chi connectivity index (χ0) is 13.1. The van der Waals surface area contributed by atoms with Crippen LogP contribution in [0.15, 0.2) is 24.3 Å². The smallest absolute Gasteiger partial charge is 0.227 e. The van der Waals surface area contributed by atoms with Gasteiger partial charge in [-0.1, -0.05) is 6.08 Å². The van der Waals surface area contributed by atoms with E-state index in [0.29, 0.717) is 6.42 Å². The van der Waals surface area contributed by atoms with E-state index in [0.717, 1.165) is 35.5 Å². The third-order valence-corrected chi connectivity index (χ3v) is 3.31. The second-order valence-corrected chi connectivity index (χ2v) is 4.45. The van der Waals surface area contributed by atoms with Crippen LogP contribution in [0.1, 0.15) is 30.9 Å². The van der Waals surface area contributed by atoms with E-state index in [1.807, 2.05) is 36.9 Å². The molecule has 0 atom stereocenters. The van der Waals surface area contributed by atoms with Crippen LogP contribution in [0.4, 0.5) is 0 Å². The van der Waals surface area contributed by atoms with Crippen LogP contribution in [0.3, 0.4) is 0 Å². The van der Waals surface area contributed by atoms with Crippen molar-refractivity contribution in [3.05, 3.63) is 35.4 Å². The van der Waals surface area contributed by atoms with Crippen LogP contribution in [-0.2, 0) is 4.79 Å². The minimum absolute atomic E-state index is 0.213. The van der Waals surface area contributed by atoms with Crippen LogP contribution >= 0.6 is 0 Å². The third-order valence-electron chi connectivity index (χ3n) is 3.31. The predicted molar refractivity (Wildman–Crippen MR) is 72.3 cm³/mol. The Morgan fingerprint density at radius 3 is 2.78 bits per heavy atom.